The van der Waals surface area contributed by atoms with Crippen LogP contribution in [0.15, 0.2) is 42.7 Å². The van der Waals surface area contributed by atoms with Crippen molar-refractivity contribution in [1.29, 1.82) is 0 Å². The number of benzene rings is 1. The molecule has 0 saturated carbocycles. The van der Waals surface area contributed by atoms with Crippen molar-refractivity contribution in [3.05, 3.63) is 54.2 Å². The highest BCUT2D eigenvalue weighted by molar-refractivity contribution is 5.90. The largest absolute Gasteiger partial charge is 0.376 e. The maximum Gasteiger partial charge on any atom is 0.141 e. The molecule has 0 aliphatic rings. The average Bonchev–Trinajstić information content (AvgIpc) is 2.89. The second-order valence-corrected chi connectivity index (χ2v) is 4.40. The van der Waals surface area contributed by atoms with Crippen LogP contribution in [-0.4, -0.2) is 15.2 Å². The molecular weight excluding hydrogens is 243 g/mol. The van der Waals surface area contributed by atoms with Gasteiger partial charge in [0.2, 0.25) is 0 Å². The molecule has 5 heteroatoms. The minimum absolute atomic E-state index is 0.0129. The van der Waals surface area contributed by atoms with Gasteiger partial charge in [-0.25, -0.2) is 4.39 Å². The molecule has 4 nitrogen and oxygen atoms in total. The molecule has 0 fully saturated rings. The van der Waals surface area contributed by atoms with Crippen molar-refractivity contribution in [1.82, 2.24) is 15.2 Å². The van der Waals surface area contributed by atoms with E-state index < -0.39 is 0 Å². The maximum atomic E-state index is 12.8. The molecule has 96 valence electrons. The van der Waals surface area contributed by atoms with Crippen LogP contribution in [0, 0.1) is 5.82 Å². The van der Waals surface area contributed by atoms with E-state index in [0.29, 0.717) is 0 Å². The van der Waals surface area contributed by atoms with Crippen LogP contribution >= 0.6 is 0 Å². The molecule has 0 saturated heterocycles. The Bertz CT molecular complexity index is 690. The number of aromatic amines is 1. The first-order valence-corrected chi connectivity index (χ1v) is 6.04. The van der Waals surface area contributed by atoms with E-state index in [2.05, 4.69) is 20.5 Å². The third-order valence-corrected chi connectivity index (χ3v) is 3.05. The molecule has 19 heavy (non-hydrogen) atoms. The lowest BCUT2D eigenvalue weighted by Crippen LogP contribution is -2.08. The minimum Gasteiger partial charge on any atom is -0.376 e. The molecule has 0 spiro atoms. The molecule has 1 unspecified atom stereocenters. The summed E-state index contributed by atoms with van der Waals surface area (Å²) in [5.41, 5.74) is 2.75. The van der Waals surface area contributed by atoms with E-state index in [9.17, 15) is 4.39 Å². The highest BCUT2D eigenvalue weighted by Gasteiger charge is 2.09. The molecule has 0 aliphatic heterocycles. The second kappa shape index (κ2) is 4.68. The normalized spacial score (nSPS) is 12.5. The molecule has 2 heterocycles. The minimum atomic E-state index is -0.326. The summed E-state index contributed by atoms with van der Waals surface area (Å²) in [6.07, 6.45) is 3.01. The van der Waals surface area contributed by atoms with E-state index in [-0.39, 0.29) is 11.9 Å². The first-order chi connectivity index (χ1) is 9.24. The third kappa shape index (κ3) is 2.27. The van der Waals surface area contributed by atoms with E-state index in [0.717, 1.165) is 22.3 Å². The summed E-state index contributed by atoms with van der Waals surface area (Å²) >= 11 is 0. The lowest BCUT2D eigenvalue weighted by molar-refractivity contribution is 0.617. The van der Waals surface area contributed by atoms with Gasteiger partial charge in [0.25, 0.3) is 0 Å². The van der Waals surface area contributed by atoms with Crippen molar-refractivity contribution in [3.8, 4) is 0 Å². The Labute approximate surface area is 109 Å². The molecule has 0 aliphatic carbocycles. The zero-order chi connectivity index (χ0) is 13.2. The van der Waals surface area contributed by atoms with Crippen molar-refractivity contribution < 1.29 is 4.39 Å². The van der Waals surface area contributed by atoms with Gasteiger partial charge in [0.1, 0.15) is 5.82 Å². The van der Waals surface area contributed by atoms with Crippen LogP contribution in [0.3, 0.4) is 0 Å². The summed E-state index contributed by atoms with van der Waals surface area (Å²) in [7, 11) is 0. The first-order valence-electron chi connectivity index (χ1n) is 6.04. The summed E-state index contributed by atoms with van der Waals surface area (Å²) in [6, 6.07) is 8.99. The van der Waals surface area contributed by atoms with E-state index in [4.69, 9.17) is 0 Å². The maximum absolute atomic E-state index is 12.8. The fourth-order valence-electron chi connectivity index (χ4n) is 2.04. The fourth-order valence-corrected chi connectivity index (χ4v) is 2.04. The summed E-state index contributed by atoms with van der Waals surface area (Å²) in [5.74, 6) is -0.326. The van der Waals surface area contributed by atoms with Crippen molar-refractivity contribution in [2.75, 3.05) is 5.32 Å². The van der Waals surface area contributed by atoms with Crippen LogP contribution in [0.5, 0.6) is 0 Å². The lowest BCUT2D eigenvalue weighted by Gasteiger charge is -2.15. The number of nitrogens with zero attached hydrogens (tertiary/aromatic N) is 2. The van der Waals surface area contributed by atoms with Crippen LogP contribution in [0.25, 0.3) is 10.9 Å². The summed E-state index contributed by atoms with van der Waals surface area (Å²) in [6.45, 7) is 1.99. The van der Waals surface area contributed by atoms with Crippen molar-refractivity contribution in [2.45, 2.75) is 13.0 Å². The zero-order valence-corrected chi connectivity index (χ0v) is 10.4. The Balaban J connectivity index is 1.88. The molecule has 3 aromatic rings. The average molecular weight is 256 g/mol. The Hall–Kier alpha value is -2.43. The zero-order valence-electron chi connectivity index (χ0n) is 10.4. The van der Waals surface area contributed by atoms with E-state index in [1.54, 1.807) is 12.3 Å². The number of halogens is 1. The lowest BCUT2D eigenvalue weighted by atomic mass is 10.1. The number of fused-ring (bicyclic) bond motifs is 1. The molecular formula is C14H13FN4. The summed E-state index contributed by atoms with van der Waals surface area (Å²) in [5, 5.41) is 11.3. The van der Waals surface area contributed by atoms with Crippen molar-refractivity contribution in [2.24, 2.45) is 0 Å². The van der Waals surface area contributed by atoms with E-state index >= 15 is 0 Å². The topological polar surface area (TPSA) is 53.6 Å². The molecule has 3 rings (SSSR count). The predicted octanol–water partition coefficient (Wildman–Crippen LogP) is 3.27. The third-order valence-electron chi connectivity index (χ3n) is 3.05. The number of rotatable bonds is 3. The SMILES string of the molecule is CC(Nc1cccc2[nH]ncc12)c1ccc(F)cn1. The second-order valence-electron chi connectivity index (χ2n) is 4.40. The molecule has 1 aromatic carbocycles. The predicted molar refractivity (Wildman–Crippen MR) is 72.3 cm³/mol. The van der Waals surface area contributed by atoms with Gasteiger partial charge in [-0.3, -0.25) is 10.1 Å². The summed E-state index contributed by atoms with van der Waals surface area (Å²) < 4.78 is 12.8. The molecule has 2 aromatic heterocycles. The number of hydrogen-bond acceptors (Lipinski definition) is 3. The molecule has 0 bridgehead atoms. The summed E-state index contributed by atoms with van der Waals surface area (Å²) in [4.78, 5) is 4.08. The molecule has 2 N–H and O–H groups in total. The highest BCUT2D eigenvalue weighted by atomic mass is 19.1. The first kappa shape index (κ1) is 11.6. The Morgan fingerprint density at radius 3 is 2.89 bits per heavy atom. The highest BCUT2D eigenvalue weighted by Crippen LogP contribution is 2.25. The van der Waals surface area contributed by atoms with Crippen LogP contribution in [0.2, 0.25) is 0 Å². The van der Waals surface area contributed by atoms with Crippen molar-refractivity contribution in [3.63, 3.8) is 0 Å². The van der Waals surface area contributed by atoms with Crippen LogP contribution in [0.4, 0.5) is 10.1 Å². The number of aromatic nitrogens is 3. The molecule has 1 atom stereocenters. The van der Waals surface area contributed by atoms with E-state index in [1.807, 2.05) is 25.1 Å². The number of H-pyrrole nitrogens is 1. The van der Waals surface area contributed by atoms with Gasteiger partial charge >= 0.3 is 0 Å². The number of anilines is 1. The van der Waals surface area contributed by atoms with Gasteiger partial charge in [-0.15, -0.1) is 0 Å². The number of pyridine rings is 1. The fraction of sp³-hybridized carbons (Fsp3) is 0.143. The molecule has 0 radical (unpaired) electrons. The standard InChI is InChI=1S/C14H13FN4/c1-9(12-6-5-10(15)7-16-12)18-13-3-2-4-14-11(13)8-17-19-14/h2-9,18H,1H3,(H,17,19). The smallest absolute Gasteiger partial charge is 0.141 e. The quantitative estimate of drug-likeness (QED) is 0.756. The van der Waals surface area contributed by atoms with Gasteiger partial charge < -0.3 is 5.32 Å². The number of nitrogens with one attached hydrogen (secondary N) is 2. The van der Waals surface area contributed by atoms with Gasteiger partial charge in [0.05, 0.1) is 29.6 Å². The van der Waals surface area contributed by atoms with Crippen LogP contribution in [-0.2, 0) is 0 Å². The number of hydrogen-bond donors (Lipinski definition) is 2. The van der Waals surface area contributed by atoms with Crippen LogP contribution < -0.4 is 5.32 Å². The van der Waals surface area contributed by atoms with Gasteiger partial charge in [0.15, 0.2) is 0 Å². The van der Waals surface area contributed by atoms with Crippen LogP contribution in [0.1, 0.15) is 18.7 Å². The van der Waals surface area contributed by atoms with Gasteiger partial charge in [-0.1, -0.05) is 6.07 Å². The van der Waals surface area contributed by atoms with Gasteiger partial charge in [-0.05, 0) is 31.2 Å². The Morgan fingerprint density at radius 2 is 2.11 bits per heavy atom. The van der Waals surface area contributed by atoms with Gasteiger partial charge in [0, 0.05) is 11.1 Å². The molecule has 0 amide bonds. The Kier molecular flexibility index (Phi) is 2.87. The Morgan fingerprint density at radius 1 is 1.21 bits per heavy atom. The monoisotopic (exact) mass is 256 g/mol. The van der Waals surface area contributed by atoms with Gasteiger partial charge in [-0.2, -0.15) is 5.10 Å². The van der Waals surface area contributed by atoms with Crippen molar-refractivity contribution >= 4 is 16.6 Å². The van der Waals surface area contributed by atoms with E-state index in [1.165, 1.54) is 12.3 Å².